The monoisotopic (exact) mass is 206 g/mol. The molecule has 0 spiro atoms. The van der Waals surface area contributed by atoms with Crippen molar-refractivity contribution in [1.29, 1.82) is 0 Å². The zero-order valence-corrected chi connectivity index (χ0v) is 5.99. The van der Waals surface area contributed by atoms with E-state index >= 15 is 0 Å². The van der Waals surface area contributed by atoms with Crippen molar-refractivity contribution < 1.29 is 53.4 Å². The van der Waals surface area contributed by atoms with E-state index < -0.39 is 7.82 Å². The molecule has 0 aliphatic carbocycles. The maximum Gasteiger partial charge on any atom is 2.00 e. The van der Waals surface area contributed by atoms with Crippen molar-refractivity contribution >= 4 is 7.82 Å². The molecule has 0 amide bonds. The van der Waals surface area contributed by atoms with E-state index in [1.165, 1.54) is 0 Å². The number of rotatable bonds is 0. The van der Waals surface area contributed by atoms with E-state index in [1.54, 1.807) is 0 Å². The van der Waals surface area contributed by atoms with E-state index in [1.807, 2.05) is 0 Å². The first-order chi connectivity index (χ1) is 2.00. The van der Waals surface area contributed by atoms with E-state index in [0.29, 0.717) is 0 Å². The summed E-state index contributed by atoms with van der Waals surface area (Å²) in [6, 6.07) is 0. The van der Waals surface area contributed by atoms with Gasteiger partial charge in [-0.2, -0.15) is 7.82 Å². The molecule has 1 radical (unpaired) electrons. The van der Waals surface area contributed by atoms with Gasteiger partial charge in [0.05, 0.1) is 0 Å². The third kappa shape index (κ3) is 144. The molecule has 0 aromatic carbocycles. The Kier molecular flexibility index (Phi) is 11.9. The minimum atomic E-state index is -5.39. The molecule has 0 saturated heterocycles. The first-order valence-electron chi connectivity index (χ1n) is 0.730. The molecule has 0 rings (SSSR count). The molecular weight excluding hydrogens is 206 g/mol. The summed E-state index contributed by atoms with van der Waals surface area (Å²) in [6.45, 7) is 0. The Morgan fingerprint density at radius 3 is 1.14 bits per heavy atom. The van der Waals surface area contributed by atoms with Gasteiger partial charge in [-0.25, -0.2) is 0 Å². The van der Waals surface area contributed by atoms with Crippen LogP contribution in [0, 0.1) is 0 Å². The standard InChI is InChI=1S/Fe.Mn.H3O4P/c;;1-5(2,3)4/h;;(H3,1,2,3,4)/q+2;;/p-3. The van der Waals surface area contributed by atoms with Crippen molar-refractivity contribution in [3.8, 4) is 0 Å². The van der Waals surface area contributed by atoms with Crippen LogP contribution in [0.3, 0.4) is 0 Å². The van der Waals surface area contributed by atoms with Gasteiger partial charge in [0.1, 0.15) is 0 Å². The van der Waals surface area contributed by atoms with Crippen LogP contribution in [0.15, 0.2) is 0 Å². The fourth-order valence-electron chi connectivity index (χ4n) is 0. The van der Waals surface area contributed by atoms with Crippen LogP contribution in [-0.4, -0.2) is 0 Å². The maximum atomic E-state index is 8.55. The molecule has 0 atom stereocenters. The summed E-state index contributed by atoms with van der Waals surface area (Å²) >= 11 is 0. The van der Waals surface area contributed by atoms with Gasteiger partial charge in [-0.1, -0.05) is 0 Å². The quantitative estimate of drug-likeness (QED) is 0.315. The summed E-state index contributed by atoms with van der Waals surface area (Å²) in [7, 11) is -5.39. The van der Waals surface area contributed by atoms with E-state index in [0.717, 1.165) is 0 Å². The smallest absolute Gasteiger partial charge is 0.822 e. The Morgan fingerprint density at radius 2 is 1.14 bits per heavy atom. The average molecular weight is 206 g/mol. The molecule has 0 aromatic heterocycles. The maximum absolute atomic E-state index is 8.55. The number of hydrogen-bond acceptors (Lipinski definition) is 4. The summed E-state index contributed by atoms with van der Waals surface area (Å²) in [4.78, 5) is 25.6. The zero-order chi connectivity index (χ0) is 4.50. The molecule has 0 aliphatic heterocycles. The summed E-state index contributed by atoms with van der Waals surface area (Å²) < 4.78 is 8.55. The predicted octanol–water partition coefficient (Wildman–Crippen LogP) is -2.83. The summed E-state index contributed by atoms with van der Waals surface area (Å²) in [5, 5.41) is 0. The van der Waals surface area contributed by atoms with Crippen molar-refractivity contribution in [1.82, 2.24) is 0 Å². The first kappa shape index (κ1) is 15.7. The fourth-order valence-corrected chi connectivity index (χ4v) is 0. The van der Waals surface area contributed by atoms with Crippen LogP contribution < -0.4 is 14.7 Å². The van der Waals surface area contributed by atoms with Crippen molar-refractivity contribution in [2.24, 2.45) is 0 Å². The molecule has 0 N–H and O–H groups in total. The second kappa shape index (κ2) is 5.29. The van der Waals surface area contributed by atoms with Gasteiger partial charge in [-0.05, 0) is 0 Å². The molecule has 0 fully saturated rings. The van der Waals surface area contributed by atoms with Gasteiger partial charge in [0, 0.05) is 17.1 Å². The average Bonchev–Trinajstić information content (AvgIpc) is 0.722. The van der Waals surface area contributed by atoms with Crippen molar-refractivity contribution in [3.05, 3.63) is 0 Å². The van der Waals surface area contributed by atoms with Crippen LogP contribution in [0.25, 0.3) is 0 Å². The first-order valence-corrected chi connectivity index (χ1v) is 2.19. The van der Waals surface area contributed by atoms with Gasteiger partial charge in [0.2, 0.25) is 0 Å². The van der Waals surface area contributed by atoms with Crippen LogP contribution in [0.5, 0.6) is 0 Å². The van der Waals surface area contributed by atoms with Gasteiger partial charge < -0.3 is 19.2 Å². The van der Waals surface area contributed by atoms with Crippen molar-refractivity contribution in [2.45, 2.75) is 0 Å². The summed E-state index contributed by atoms with van der Waals surface area (Å²) in [5.74, 6) is 0. The van der Waals surface area contributed by atoms with E-state index in [4.69, 9.17) is 19.2 Å². The molecular formula is FeMnO4P-. The normalized spacial score (nSPS) is 8.43. The Bertz CT molecular complexity index is 57.8. The molecule has 0 unspecified atom stereocenters. The Balaban J connectivity index is -0.0000000800. The third-order valence-electron chi connectivity index (χ3n) is 0. The second-order valence-electron chi connectivity index (χ2n) is 0.447. The minimum Gasteiger partial charge on any atom is -0.822 e. The molecule has 4 nitrogen and oxygen atoms in total. The third-order valence-corrected chi connectivity index (χ3v) is 0. The van der Waals surface area contributed by atoms with E-state index in [9.17, 15) is 0 Å². The largest absolute Gasteiger partial charge is 2.00 e. The minimum absolute atomic E-state index is 0. The molecule has 0 aromatic rings. The van der Waals surface area contributed by atoms with Crippen LogP contribution in [-0.2, 0) is 38.7 Å². The van der Waals surface area contributed by atoms with Crippen molar-refractivity contribution in [3.63, 3.8) is 0 Å². The van der Waals surface area contributed by atoms with Crippen LogP contribution in [0.1, 0.15) is 0 Å². The van der Waals surface area contributed by atoms with E-state index in [-0.39, 0.29) is 34.1 Å². The Hall–Kier alpha value is 1.15. The van der Waals surface area contributed by atoms with E-state index in [2.05, 4.69) is 0 Å². The van der Waals surface area contributed by atoms with Gasteiger partial charge in [-0.3, -0.25) is 0 Å². The van der Waals surface area contributed by atoms with Crippen LogP contribution in [0.2, 0.25) is 0 Å². The van der Waals surface area contributed by atoms with Crippen molar-refractivity contribution in [2.75, 3.05) is 0 Å². The molecule has 0 saturated carbocycles. The molecule has 0 aliphatic rings. The van der Waals surface area contributed by atoms with Gasteiger partial charge >= 0.3 is 17.1 Å². The molecule has 7 heavy (non-hydrogen) atoms. The molecule has 0 bridgehead atoms. The van der Waals surface area contributed by atoms with Crippen LogP contribution >= 0.6 is 7.82 Å². The Labute approximate surface area is 61.5 Å². The predicted molar refractivity (Wildman–Crippen MR) is 7.61 cm³/mol. The molecule has 45 valence electrons. The fraction of sp³-hybridized carbons (Fsp3) is 0. The summed E-state index contributed by atoms with van der Waals surface area (Å²) in [5.41, 5.74) is 0. The number of phosphoric acid groups is 1. The van der Waals surface area contributed by atoms with Crippen LogP contribution in [0.4, 0.5) is 0 Å². The SMILES string of the molecule is O=P([O-])([O-])[O-].[Fe+2].[Mn]. The number of hydrogen-bond donors (Lipinski definition) is 0. The van der Waals surface area contributed by atoms with Gasteiger partial charge in [0.15, 0.2) is 0 Å². The van der Waals surface area contributed by atoms with Gasteiger partial charge in [-0.15, -0.1) is 0 Å². The zero-order valence-electron chi connectivity index (χ0n) is 2.81. The second-order valence-corrected chi connectivity index (χ2v) is 1.34. The summed E-state index contributed by atoms with van der Waals surface area (Å²) in [6.07, 6.45) is 0. The topological polar surface area (TPSA) is 86.2 Å². The van der Waals surface area contributed by atoms with Gasteiger partial charge in [0.25, 0.3) is 0 Å². The molecule has 0 heterocycles. The molecule has 7 heteroatoms. The Morgan fingerprint density at radius 1 is 1.14 bits per heavy atom.